The molecular formula is C17H15ClN2O. The number of aromatic nitrogens is 1. The Labute approximate surface area is 128 Å². The van der Waals surface area contributed by atoms with Gasteiger partial charge in [-0.15, -0.1) is 0 Å². The number of nitrogen functional groups attached to an aromatic ring is 1. The maximum atomic E-state index is 6.29. The fourth-order valence-electron chi connectivity index (χ4n) is 2.40. The van der Waals surface area contributed by atoms with Crippen molar-refractivity contribution in [2.75, 3.05) is 5.73 Å². The van der Waals surface area contributed by atoms with Crippen LogP contribution in [-0.2, 0) is 0 Å². The van der Waals surface area contributed by atoms with E-state index in [2.05, 4.69) is 23.4 Å². The SMILES string of the molecule is Cc1ccc(C)c(-c2noc(N)c2-c2ccccc2Cl)c1. The molecule has 0 saturated carbocycles. The van der Waals surface area contributed by atoms with Crippen LogP contribution in [-0.4, -0.2) is 5.16 Å². The summed E-state index contributed by atoms with van der Waals surface area (Å²) in [5.74, 6) is 0.277. The van der Waals surface area contributed by atoms with Gasteiger partial charge in [-0.05, 0) is 31.5 Å². The van der Waals surface area contributed by atoms with Gasteiger partial charge < -0.3 is 10.3 Å². The first-order valence-corrected chi connectivity index (χ1v) is 7.03. The number of nitrogens with two attached hydrogens (primary N) is 1. The summed E-state index contributed by atoms with van der Waals surface area (Å²) in [5, 5.41) is 4.77. The normalized spacial score (nSPS) is 10.8. The molecule has 0 aliphatic rings. The molecule has 2 aromatic carbocycles. The molecule has 106 valence electrons. The van der Waals surface area contributed by atoms with E-state index in [4.69, 9.17) is 21.9 Å². The van der Waals surface area contributed by atoms with Crippen molar-refractivity contribution >= 4 is 17.5 Å². The average molecular weight is 299 g/mol. The summed E-state index contributed by atoms with van der Waals surface area (Å²) in [4.78, 5) is 0. The van der Waals surface area contributed by atoms with Crippen LogP contribution in [0.25, 0.3) is 22.4 Å². The predicted molar refractivity (Wildman–Crippen MR) is 86.3 cm³/mol. The lowest BCUT2D eigenvalue weighted by Crippen LogP contribution is -1.91. The first-order valence-electron chi connectivity index (χ1n) is 6.65. The molecular weight excluding hydrogens is 284 g/mol. The molecule has 1 heterocycles. The van der Waals surface area contributed by atoms with Gasteiger partial charge in [-0.3, -0.25) is 0 Å². The maximum Gasteiger partial charge on any atom is 0.230 e. The molecule has 3 aromatic rings. The van der Waals surface area contributed by atoms with Crippen LogP contribution in [0.15, 0.2) is 47.0 Å². The van der Waals surface area contributed by atoms with E-state index in [0.717, 1.165) is 33.5 Å². The highest BCUT2D eigenvalue weighted by Crippen LogP contribution is 2.40. The second-order valence-corrected chi connectivity index (χ2v) is 5.48. The minimum Gasteiger partial charge on any atom is -0.367 e. The van der Waals surface area contributed by atoms with Gasteiger partial charge >= 0.3 is 0 Å². The van der Waals surface area contributed by atoms with E-state index in [9.17, 15) is 0 Å². The Bertz CT molecular complexity index is 808. The van der Waals surface area contributed by atoms with E-state index < -0.39 is 0 Å². The van der Waals surface area contributed by atoms with Crippen LogP contribution in [0.3, 0.4) is 0 Å². The Morgan fingerprint density at radius 2 is 1.81 bits per heavy atom. The first kappa shape index (κ1) is 13.7. The minimum atomic E-state index is 0.277. The third-order valence-corrected chi connectivity index (χ3v) is 3.84. The van der Waals surface area contributed by atoms with Gasteiger partial charge in [-0.1, -0.05) is 52.7 Å². The van der Waals surface area contributed by atoms with Crippen LogP contribution in [0, 0.1) is 13.8 Å². The zero-order valence-electron chi connectivity index (χ0n) is 11.9. The summed E-state index contributed by atoms with van der Waals surface area (Å²) in [7, 11) is 0. The molecule has 4 heteroatoms. The number of hydrogen-bond donors (Lipinski definition) is 1. The Morgan fingerprint density at radius 1 is 1.05 bits per heavy atom. The molecule has 0 bridgehead atoms. The highest BCUT2D eigenvalue weighted by molar-refractivity contribution is 6.33. The summed E-state index contributed by atoms with van der Waals surface area (Å²) in [6, 6.07) is 13.8. The van der Waals surface area contributed by atoms with Crippen LogP contribution < -0.4 is 5.73 Å². The largest absolute Gasteiger partial charge is 0.367 e. The monoisotopic (exact) mass is 298 g/mol. The van der Waals surface area contributed by atoms with E-state index in [-0.39, 0.29) is 5.88 Å². The highest BCUT2D eigenvalue weighted by Gasteiger charge is 2.20. The van der Waals surface area contributed by atoms with Crippen LogP contribution >= 0.6 is 11.6 Å². The number of hydrogen-bond acceptors (Lipinski definition) is 3. The van der Waals surface area contributed by atoms with Crippen molar-refractivity contribution in [1.82, 2.24) is 5.16 Å². The zero-order valence-corrected chi connectivity index (χ0v) is 12.6. The van der Waals surface area contributed by atoms with Crippen molar-refractivity contribution < 1.29 is 4.52 Å². The topological polar surface area (TPSA) is 52.0 Å². The Morgan fingerprint density at radius 3 is 2.57 bits per heavy atom. The summed E-state index contributed by atoms with van der Waals surface area (Å²) in [6.45, 7) is 4.08. The predicted octanol–water partition coefficient (Wildman–Crippen LogP) is 4.86. The number of aryl methyl sites for hydroxylation is 2. The van der Waals surface area contributed by atoms with Crippen LogP contribution in [0.2, 0.25) is 5.02 Å². The van der Waals surface area contributed by atoms with Gasteiger partial charge in [0, 0.05) is 16.1 Å². The van der Waals surface area contributed by atoms with E-state index in [1.54, 1.807) is 0 Å². The second-order valence-electron chi connectivity index (χ2n) is 5.07. The molecule has 0 amide bonds. The number of halogens is 1. The van der Waals surface area contributed by atoms with Crippen LogP contribution in [0.1, 0.15) is 11.1 Å². The summed E-state index contributed by atoms with van der Waals surface area (Å²) in [6.07, 6.45) is 0. The summed E-state index contributed by atoms with van der Waals surface area (Å²) in [5.41, 5.74) is 11.5. The van der Waals surface area contributed by atoms with Crippen molar-refractivity contribution in [2.24, 2.45) is 0 Å². The van der Waals surface area contributed by atoms with Crippen molar-refractivity contribution in [2.45, 2.75) is 13.8 Å². The summed E-state index contributed by atoms with van der Waals surface area (Å²) >= 11 is 6.29. The molecule has 0 spiro atoms. The molecule has 3 rings (SSSR count). The maximum absolute atomic E-state index is 6.29. The van der Waals surface area contributed by atoms with E-state index in [1.165, 1.54) is 0 Å². The van der Waals surface area contributed by atoms with Gasteiger partial charge in [-0.25, -0.2) is 0 Å². The molecule has 0 fully saturated rings. The van der Waals surface area contributed by atoms with Crippen molar-refractivity contribution in [3.8, 4) is 22.4 Å². The van der Waals surface area contributed by atoms with Gasteiger partial charge in [-0.2, -0.15) is 0 Å². The number of rotatable bonds is 2. The lowest BCUT2D eigenvalue weighted by molar-refractivity contribution is 0.439. The van der Waals surface area contributed by atoms with E-state index in [0.29, 0.717) is 5.02 Å². The van der Waals surface area contributed by atoms with Gasteiger partial charge in [0.15, 0.2) is 0 Å². The molecule has 0 radical (unpaired) electrons. The number of benzene rings is 2. The fraction of sp³-hybridized carbons (Fsp3) is 0.118. The highest BCUT2D eigenvalue weighted by atomic mass is 35.5. The smallest absolute Gasteiger partial charge is 0.230 e. The summed E-state index contributed by atoms with van der Waals surface area (Å²) < 4.78 is 5.22. The molecule has 0 atom stereocenters. The van der Waals surface area contributed by atoms with E-state index >= 15 is 0 Å². The Hall–Kier alpha value is -2.26. The van der Waals surface area contributed by atoms with Gasteiger partial charge in [0.1, 0.15) is 5.69 Å². The molecule has 0 unspecified atom stereocenters. The standard InChI is InChI=1S/C17H15ClN2O/c1-10-7-8-11(2)13(9-10)16-15(17(19)21-20-16)12-5-3-4-6-14(12)18/h3-9H,19H2,1-2H3. The third-order valence-electron chi connectivity index (χ3n) is 3.51. The average Bonchev–Trinajstić information content (AvgIpc) is 2.84. The van der Waals surface area contributed by atoms with Crippen molar-refractivity contribution in [3.63, 3.8) is 0 Å². The quantitative estimate of drug-likeness (QED) is 0.735. The van der Waals surface area contributed by atoms with Gasteiger partial charge in [0.05, 0.1) is 5.56 Å². The molecule has 3 nitrogen and oxygen atoms in total. The Kier molecular flexibility index (Phi) is 3.43. The van der Waals surface area contributed by atoms with Gasteiger partial charge in [0.2, 0.25) is 5.88 Å². The first-order chi connectivity index (χ1) is 10.1. The minimum absolute atomic E-state index is 0.277. The molecule has 0 saturated heterocycles. The number of anilines is 1. The lowest BCUT2D eigenvalue weighted by Gasteiger charge is -2.08. The molecule has 0 aliphatic carbocycles. The fourth-order valence-corrected chi connectivity index (χ4v) is 2.63. The number of nitrogens with zero attached hydrogens (tertiary/aromatic N) is 1. The third kappa shape index (κ3) is 2.41. The second kappa shape index (κ2) is 5.26. The van der Waals surface area contributed by atoms with Gasteiger partial charge in [0.25, 0.3) is 0 Å². The van der Waals surface area contributed by atoms with Crippen molar-refractivity contribution in [3.05, 3.63) is 58.6 Å². The molecule has 1 aromatic heterocycles. The van der Waals surface area contributed by atoms with Crippen LogP contribution in [0.4, 0.5) is 5.88 Å². The lowest BCUT2D eigenvalue weighted by atomic mass is 9.96. The van der Waals surface area contributed by atoms with Crippen LogP contribution in [0.5, 0.6) is 0 Å². The molecule has 21 heavy (non-hydrogen) atoms. The molecule has 0 aliphatic heterocycles. The van der Waals surface area contributed by atoms with E-state index in [1.807, 2.05) is 38.1 Å². The molecule has 2 N–H and O–H groups in total. The zero-order chi connectivity index (χ0) is 15.0. The van der Waals surface area contributed by atoms with Crippen molar-refractivity contribution in [1.29, 1.82) is 0 Å². The Balaban J connectivity index is 2.27.